The van der Waals surface area contributed by atoms with Gasteiger partial charge in [-0.25, -0.2) is 4.68 Å². The Morgan fingerprint density at radius 2 is 1.91 bits per heavy atom. The molecule has 1 aromatic heterocycles. The van der Waals surface area contributed by atoms with E-state index in [2.05, 4.69) is 21.0 Å². The summed E-state index contributed by atoms with van der Waals surface area (Å²) >= 11 is 0. The molecule has 3 aliphatic heterocycles. The van der Waals surface area contributed by atoms with Gasteiger partial charge in [-0.15, -0.1) is 0 Å². The summed E-state index contributed by atoms with van der Waals surface area (Å²) in [7, 11) is 0. The molecular formula is C22H24N6O4. The number of fused-ring (bicyclic) bond motifs is 1. The third-order valence-electron chi connectivity index (χ3n) is 6.26. The Morgan fingerprint density at radius 3 is 2.69 bits per heavy atom. The molecule has 0 spiro atoms. The lowest BCUT2D eigenvalue weighted by Gasteiger charge is -2.27. The number of amides is 4. The highest BCUT2D eigenvalue weighted by Gasteiger charge is 2.44. The second-order valence-corrected chi connectivity index (χ2v) is 8.34. The summed E-state index contributed by atoms with van der Waals surface area (Å²) in [6.07, 6.45) is 4.18. The number of piperidine rings is 2. The molecule has 10 nitrogen and oxygen atoms in total. The first kappa shape index (κ1) is 20.4. The van der Waals surface area contributed by atoms with Gasteiger partial charge in [0.1, 0.15) is 11.9 Å². The van der Waals surface area contributed by atoms with E-state index >= 15 is 0 Å². The fourth-order valence-corrected chi connectivity index (χ4v) is 4.61. The minimum atomic E-state index is -0.958. The Balaban J connectivity index is 1.31. The molecule has 32 heavy (non-hydrogen) atoms. The van der Waals surface area contributed by atoms with Crippen molar-refractivity contribution >= 4 is 29.4 Å². The van der Waals surface area contributed by atoms with E-state index in [0.717, 1.165) is 42.2 Å². The van der Waals surface area contributed by atoms with Gasteiger partial charge in [-0.2, -0.15) is 5.10 Å². The van der Waals surface area contributed by atoms with Gasteiger partial charge in [-0.1, -0.05) is 6.07 Å². The van der Waals surface area contributed by atoms with Crippen molar-refractivity contribution in [3.05, 3.63) is 47.2 Å². The van der Waals surface area contributed by atoms with Crippen LogP contribution in [0.25, 0.3) is 0 Å². The van der Waals surface area contributed by atoms with Gasteiger partial charge >= 0.3 is 0 Å². The molecule has 0 saturated carbocycles. The maximum absolute atomic E-state index is 13.0. The molecule has 0 radical (unpaired) electrons. The molecule has 1 aromatic carbocycles. The Kier molecular flexibility index (Phi) is 5.22. The molecule has 5 rings (SSSR count). The fraction of sp³-hybridized carbons (Fsp3) is 0.409. The Labute approximate surface area is 184 Å². The summed E-state index contributed by atoms with van der Waals surface area (Å²) in [6.45, 7) is 2.36. The smallest absolute Gasteiger partial charge is 0.262 e. The SMILES string of the molecule is O=C1CCC(N2C(=O)c3ccc(CNc4ccnn4C4CCCNC4)cc3C2=O)C(=O)N1. The van der Waals surface area contributed by atoms with Crippen LogP contribution in [0.4, 0.5) is 5.82 Å². The first-order chi connectivity index (χ1) is 15.5. The van der Waals surface area contributed by atoms with E-state index in [1.54, 1.807) is 24.4 Å². The van der Waals surface area contributed by atoms with Crippen LogP contribution in [0.3, 0.4) is 0 Å². The van der Waals surface area contributed by atoms with Crippen LogP contribution in [-0.2, 0) is 16.1 Å². The standard InChI is InChI=1S/C22H24N6O4/c29-19-6-5-17(20(30)26-19)27-21(31)15-4-3-13(10-16(15)22(27)32)11-24-18-7-9-25-28(18)14-2-1-8-23-12-14/h3-4,7,9-10,14,17,23-24H,1-2,5-6,8,11-12H2,(H,26,29,30). The average molecular weight is 436 g/mol. The maximum Gasteiger partial charge on any atom is 0.262 e. The van der Waals surface area contributed by atoms with Crippen LogP contribution in [0.5, 0.6) is 0 Å². The molecule has 0 bridgehead atoms. The van der Waals surface area contributed by atoms with E-state index in [1.807, 2.05) is 10.7 Å². The Morgan fingerprint density at radius 1 is 1.06 bits per heavy atom. The van der Waals surface area contributed by atoms with Crippen LogP contribution < -0.4 is 16.0 Å². The van der Waals surface area contributed by atoms with Crippen molar-refractivity contribution in [1.82, 2.24) is 25.3 Å². The van der Waals surface area contributed by atoms with Gasteiger partial charge < -0.3 is 10.6 Å². The minimum absolute atomic E-state index is 0.100. The fourth-order valence-electron chi connectivity index (χ4n) is 4.61. The quantitative estimate of drug-likeness (QED) is 0.593. The van der Waals surface area contributed by atoms with Gasteiger partial charge in [-0.3, -0.25) is 29.4 Å². The highest BCUT2D eigenvalue weighted by atomic mass is 16.2. The molecule has 2 saturated heterocycles. The van der Waals surface area contributed by atoms with Gasteiger partial charge in [-0.05, 0) is 43.5 Å². The Bertz CT molecular complexity index is 1100. The molecule has 3 aliphatic rings. The van der Waals surface area contributed by atoms with E-state index in [9.17, 15) is 19.2 Å². The van der Waals surface area contributed by atoms with Crippen molar-refractivity contribution in [2.45, 2.75) is 44.3 Å². The predicted molar refractivity (Wildman–Crippen MR) is 114 cm³/mol. The average Bonchev–Trinajstić information content (AvgIpc) is 3.36. The molecule has 4 heterocycles. The number of carbonyl (C=O) groups excluding carboxylic acids is 4. The number of aromatic nitrogens is 2. The summed E-state index contributed by atoms with van der Waals surface area (Å²) in [6, 6.07) is 6.37. The number of hydrogen-bond acceptors (Lipinski definition) is 7. The zero-order valence-corrected chi connectivity index (χ0v) is 17.5. The summed E-state index contributed by atoms with van der Waals surface area (Å²) in [4.78, 5) is 50.4. The van der Waals surface area contributed by atoms with Crippen LogP contribution in [0, 0.1) is 0 Å². The molecule has 0 aliphatic carbocycles. The summed E-state index contributed by atoms with van der Waals surface area (Å²) in [5, 5.41) is 13.4. The molecule has 2 atom stereocenters. The van der Waals surface area contributed by atoms with E-state index in [4.69, 9.17) is 0 Å². The topological polar surface area (TPSA) is 125 Å². The van der Waals surface area contributed by atoms with Crippen LogP contribution in [0.15, 0.2) is 30.5 Å². The molecule has 2 unspecified atom stereocenters. The van der Waals surface area contributed by atoms with E-state index in [1.165, 1.54) is 0 Å². The number of carbonyl (C=O) groups is 4. The van der Waals surface area contributed by atoms with E-state index < -0.39 is 23.8 Å². The molecule has 3 N–H and O–H groups in total. The molecule has 166 valence electrons. The maximum atomic E-state index is 13.0. The van der Waals surface area contributed by atoms with Gasteiger partial charge in [0.05, 0.1) is 23.4 Å². The second kappa shape index (κ2) is 8.19. The molecular weight excluding hydrogens is 412 g/mol. The minimum Gasteiger partial charge on any atom is -0.366 e. The van der Waals surface area contributed by atoms with Crippen molar-refractivity contribution < 1.29 is 19.2 Å². The lowest BCUT2D eigenvalue weighted by Crippen LogP contribution is -2.54. The number of imide groups is 2. The predicted octanol–water partition coefficient (Wildman–Crippen LogP) is 0.821. The van der Waals surface area contributed by atoms with Crippen molar-refractivity contribution in [1.29, 1.82) is 0 Å². The highest BCUT2D eigenvalue weighted by molar-refractivity contribution is 6.23. The number of nitrogens with one attached hydrogen (secondary N) is 3. The first-order valence-electron chi connectivity index (χ1n) is 10.9. The van der Waals surface area contributed by atoms with Gasteiger partial charge in [0.15, 0.2) is 0 Å². The molecule has 4 amide bonds. The van der Waals surface area contributed by atoms with Crippen molar-refractivity contribution in [2.75, 3.05) is 18.4 Å². The van der Waals surface area contributed by atoms with Crippen LogP contribution in [-0.4, -0.2) is 57.4 Å². The number of hydrogen-bond donors (Lipinski definition) is 3. The van der Waals surface area contributed by atoms with Crippen LogP contribution >= 0.6 is 0 Å². The van der Waals surface area contributed by atoms with Gasteiger partial charge in [0.25, 0.3) is 11.8 Å². The molecule has 2 fully saturated rings. The zero-order valence-electron chi connectivity index (χ0n) is 17.5. The molecule has 2 aromatic rings. The third-order valence-corrected chi connectivity index (χ3v) is 6.26. The summed E-state index contributed by atoms with van der Waals surface area (Å²) < 4.78 is 1.99. The van der Waals surface area contributed by atoms with Gasteiger partial charge in [0.2, 0.25) is 11.8 Å². The summed E-state index contributed by atoms with van der Waals surface area (Å²) in [5.41, 5.74) is 1.40. The lowest BCUT2D eigenvalue weighted by atomic mass is 10.0. The first-order valence-corrected chi connectivity index (χ1v) is 10.9. The number of benzene rings is 1. The number of anilines is 1. The zero-order chi connectivity index (χ0) is 22.2. The van der Waals surface area contributed by atoms with Crippen LogP contribution in [0.2, 0.25) is 0 Å². The lowest BCUT2D eigenvalue weighted by molar-refractivity contribution is -0.136. The van der Waals surface area contributed by atoms with E-state index in [0.29, 0.717) is 12.6 Å². The van der Waals surface area contributed by atoms with Gasteiger partial charge in [0, 0.05) is 25.6 Å². The molecule has 10 heteroatoms. The van der Waals surface area contributed by atoms with Crippen molar-refractivity contribution in [3.63, 3.8) is 0 Å². The number of rotatable bonds is 5. The normalized spacial score (nSPS) is 23.3. The van der Waals surface area contributed by atoms with Crippen molar-refractivity contribution in [2.24, 2.45) is 0 Å². The largest absolute Gasteiger partial charge is 0.366 e. The van der Waals surface area contributed by atoms with Crippen LogP contribution in [0.1, 0.15) is 58.0 Å². The van der Waals surface area contributed by atoms with E-state index in [-0.39, 0.29) is 29.9 Å². The monoisotopic (exact) mass is 436 g/mol. The number of nitrogens with zero attached hydrogens (tertiary/aromatic N) is 3. The highest BCUT2D eigenvalue weighted by Crippen LogP contribution is 2.29. The summed E-state index contributed by atoms with van der Waals surface area (Å²) in [5.74, 6) is -1.10. The van der Waals surface area contributed by atoms with Crippen molar-refractivity contribution in [3.8, 4) is 0 Å². The Hall–Kier alpha value is -3.53. The third kappa shape index (κ3) is 3.56. The second-order valence-electron chi connectivity index (χ2n) is 8.34.